The van der Waals surface area contributed by atoms with Crippen LogP contribution in [0.15, 0.2) is 12.4 Å². The zero-order valence-corrected chi connectivity index (χ0v) is 10.4. The summed E-state index contributed by atoms with van der Waals surface area (Å²) in [6.45, 7) is 1.34. The molecule has 96 valence electrons. The molecular formula is C14H23NO2. The van der Waals surface area contributed by atoms with Crippen LogP contribution in [0.1, 0.15) is 55.8 Å². The maximum absolute atomic E-state index is 9.88. The van der Waals surface area contributed by atoms with Crippen molar-refractivity contribution in [2.24, 2.45) is 0 Å². The van der Waals surface area contributed by atoms with E-state index in [1.165, 1.54) is 12.0 Å². The monoisotopic (exact) mass is 237 g/mol. The number of aliphatic hydroxyl groups excluding tert-OH is 2. The third-order valence-electron chi connectivity index (χ3n) is 3.60. The summed E-state index contributed by atoms with van der Waals surface area (Å²) in [6.07, 6.45) is 11.6. The molecule has 0 saturated carbocycles. The van der Waals surface area contributed by atoms with Crippen LogP contribution in [0.2, 0.25) is 0 Å². The van der Waals surface area contributed by atoms with Crippen molar-refractivity contribution in [1.29, 1.82) is 0 Å². The van der Waals surface area contributed by atoms with Gasteiger partial charge in [0.2, 0.25) is 0 Å². The molecule has 2 N–H and O–H groups in total. The number of hydrogen-bond acceptors (Lipinski definition) is 2. The summed E-state index contributed by atoms with van der Waals surface area (Å²) in [6, 6.07) is 0. The Bertz CT molecular complexity index is 346. The standard InChI is InChI=1S/C14H23NO2/c16-9-4-2-1-3-8-15-10-12-6-5-7-14(17)13(12)11-15/h10-11,14,16-17H,1-9H2. The average Bonchev–Trinajstić information content (AvgIpc) is 2.73. The van der Waals surface area contributed by atoms with Gasteiger partial charge in [0.25, 0.3) is 0 Å². The van der Waals surface area contributed by atoms with Crippen molar-refractivity contribution in [3.8, 4) is 0 Å². The van der Waals surface area contributed by atoms with Gasteiger partial charge in [0.1, 0.15) is 0 Å². The molecule has 3 nitrogen and oxygen atoms in total. The van der Waals surface area contributed by atoms with Gasteiger partial charge in [-0.05, 0) is 37.7 Å². The van der Waals surface area contributed by atoms with Crippen molar-refractivity contribution >= 4 is 0 Å². The van der Waals surface area contributed by atoms with Crippen LogP contribution in [0, 0.1) is 0 Å². The highest BCUT2D eigenvalue weighted by Crippen LogP contribution is 2.30. The predicted octanol–water partition coefficient (Wildman–Crippen LogP) is 2.41. The number of fused-ring (bicyclic) bond motifs is 1. The quantitative estimate of drug-likeness (QED) is 0.746. The molecular weight excluding hydrogens is 214 g/mol. The zero-order valence-electron chi connectivity index (χ0n) is 10.4. The van der Waals surface area contributed by atoms with E-state index in [0.29, 0.717) is 6.61 Å². The second-order valence-corrected chi connectivity index (χ2v) is 5.02. The van der Waals surface area contributed by atoms with E-state index in [4.69, 9.17) is 5.11 Å². The Hall–Kier alpha value is -0.800. The molecule has 1 heterocycles. The van der Waals surface area contributed by atoms with Crippen molar-refractivity contribution in [2.75, 3.05) is 6.61 Å². The van der Waals surface area contributed by atoms with E-state index in [-0.39, 0.29) is 6.10 Å². The molecule has 0 fully saturated rings. The van der Waals surface area contributed by atoms with Crippen molar-refractivity contribution in [3.05, 3.63) is 23.5 Å². The molecule has 17 heavy (non-hydrogen) atoms. The fraction of sp³-hybridized carbons (Fsp3) is 0.714. The van der Waals surface area contributed by atoms with E-state index in [1.54, 1.807) is 0 Å². The van der Waals surface area contributed by atoms with Crippen LogP contribution < -0.4 is 0 Å². The minimum atomic E-state index is -0.241. The first-order chi connectivity index (χ1) is 8.31. The summed E-state index contributed by atoms with van der Waals surface area (Å²) < 4.78 is 2.22. The third kappa shape index (κ3) is 3.33. The molecule has 2 rings (SSSR count). The van der Waals surface area contributed by atoms with Gasteiger partial charge in [-0.25, -0.2) is 0 Å². The van der Waals surface area contributed by atoms with Crippen LogP contribution >= 0.6 is 0 Å². The van der Waals surface area contributed by atoms with Crippen molar-refractivity contribution in [1.82, 2.24) is 4.57 Å². The summed E-state index contributed by atoms with van der Waals surface area (Å²) in [5, 5.41) is 18.6. The third-order valence-corrected chi connectivity index (χ3v) is 3.60. The lowest BCUT2D eigenvalue weighted by Gasteiger charge is -2.16. The molecule has 1 aliphatic carbocycles. The minimum absolute atomic E-state index is 0.241. The van der Waals surface area contributed by atoms with Crippen LogP contribution in [-0.2, 0) is 13.0 Å². The SMILES string of the molecule is OCCCCCCn1cc2c(c1)C(O)CCC2. The van der Waals surface area contributed by atoms with Crippen molar-refractivity contribution in [3.63, 3.8) is 0 Å². The van der Waals surface area contributed by atoms with E-state index < -0.39 is 0 Å². The number of aliphatic hydroxyl groups is 2. The average molecular weight is 237 g/mol. The van der Waals surface area contributed by atoms with Gasteiger partial charge in [-0.15, -0.1) is 0 Å². The van der Waals surface area contributed by atoms with Crippen LogP contribution in [0.5, 0.6) is 0 Å². The zero-order chi connectivity index (χ0) is 12.1. The van der Waals surface area contributed by atoms with Gasteiger partial charge in [-0.2, -0.15) is 0 Å². The van der Waals surface area contributed by atoms with Crippen LogP contribution in [0.4, 0.5) is 0 Å². The van der Waals surface area contributed by atoms with E-state index in [9.17, 15) is 5.11 Å². The van der Waals surface area contributed by atoms with Gasteiger partial charge in [0, 0.05) is 31.1 Å². The van der Waals surface area contributed by atoms with Gasteiger partial charge in [0.15, 0.2) is 0 Å². The molecule has 0 spiro atoms. The van der Waals surface area contributed by atoms with E-state index in [0.717, 1.165) is 50.6 Å². The molecule has 1 unspecified atom stereocenters. The molecule has 3 heteroatoms. The first-order valence-corrected chi connectivity index (χ1v) is 6.78. The molecule has 0 saturated heterocycles. The Morgan fingerprint density at radius 3 is 2.76 bits per heavy atom. The molecule has 1 aromatic rings. The predicted molar refractivity (Wildman–Crippen MR) is 67.9 cm³/mol. The topological polar surface area (TPSA) is 45.4 Å². The Morgan fingerprint density at radius 1 is 1.18 bits per heavy atom. The van der Waals surface area contributed by atoms with Crippen molar-refractivity contribution in [2.45, 2.75) is 57.6 Å². The van der Waals surface area contributed by atoms with Crippen LogP contribution in [0.3, 0.4) is 0 Å². The molecule has 1 aliphatic rings. The molecule has 1 aromatic heterocycles. The largest absolute Gasteiger partial charge is 0.396 e. The molecule has 0 amide bonds. The normalized spacial score (nSPS) is 19.3. The Balaban J connectivity index is 1.81. The second-order valence-electron chi connectivity index (χ2n) is 5.02. The fourth-order valence-electron chi connectivity index (χ4n) is 2.61. The van der Waals surface area contributed by atoms with E-state index in [1.807, 2.05) is 0 Å². The highest BCUT2D eigenvalue weighted by atomic mass is 16.3. The maximum Gasteiger partial charge on any atom is 0.0807 e. The van der Waals surface area contributed by atoms with Gasteiger partial charge in [0.05, 0.1) is 6.10 Å². The van der Waals surface area contributed by atoms with Gasteiger partial charge < -0.3 is 14.8 Å². The van der Waals surface area contributed by atoms with Gasteiger partial charge >= 0.3 is 0 Å². The Labute approximate surface area is 103 Å². The number of aromatic nitrogens is 1. The number of unbranched alkanes of at least 4 members (excludes halogenated alkanes) is 3. The first-order valence-electron chi connectivity index (χ1n) is 6.78. The lowest BCUT2D eigenvalue weighted by Crippen LogP contribution is -2.05. The summed E-state index contributed by atoms with van der Waals surface area (Å²) in [5.41, 5.74) is 2.48. The number of nitrogens with zero attached hydrogens (tertiary/aromatic N) is 1. The Morgan fingerprint density at radius 2 is 2.00 bits per heavy atom. The summed E-state index contributed by atoms with van der Waals surface area (Å²) in [7, 11) is 0. The summed E-state index contributed by atoms with van der Waals surface area (Å²) in [5.74, 6) is 0. The van der Waals surface area contributed by atoms with Gasteiger partial charge in [-0.1, -0.05) is 12.8 Å². The maximum atomic E-state index is 9.88. The highest BCUT2D eigenvalue weighted by Gasteiger charge is 2.19. The Kier molecular flexibility index (Phi) is 4.63. The smallest absolute Gasteiger partial charge is 0.0807 e. The number of rotatable bonds is 6. The molecule has 0 radical (unpaired) electrons. The van der Waals surface area contributed by atoms with Gasteiger partial charge in [-0.3, -0.25) is 0 Å². The van der Waals surface area contributed by atoms with E-state index in [2.05, 4.69) is 17.0 Å². The minimum Gasteiger partial charge on any atom is -0.396 e. The molecule has 1 atom stereocenters. The van der Waals surface area contributed by atoms with E-state index >= 15 is 0 Å². The van der Waals surface area contributed by atoms with Crippen LogP contribution in [-0.4, -0.2) is 21.4 Å². The lowest BCUT2D eigenvalue weighted by molar-refractivity contribution is 0.157. The molecule has 0 aliphatic heterocycles. The number of hydrogen-bond donors (Lipinski definition) is 2. The van der Waals surface area contributed by atoms with Crippen molar-refractivity contribution < 1.29 is 10.2 Å². The summed E-state index contributed by atoms with van der Waals surface area (Å²) in [4.78, 5) is 0. The fourth-order valence-corrected chi connectivity index (χ4v) is 2.61. The second kappa shape index (κ2) is 6.22. The number of aryl methyl sites for hydroxylation is 2. The first kappa shape index (κ1) is 12.7. The summed E-state index contributed by atoms with van der Waals surface area (Å²) >= 11 is 0. The molecule has 0 bridgehead atoms. The highest BCUT2D eigenvalue weighted by molar-refractivity contribution is 5.28. The lowest BCUT2D eigenvalue weighted by atomic mass is 9.93. The molecule has 0 aromatic carbocycles. The van der Waals surface area contributed by atoms with Crippen LogP contribution in [0.25, 0.3) is 0 Å².